The van der Waals surface area contributed by atoms with Gasteiger partial charge in [-0.25, -0.2) is 0 Å². The van der Waals surface area contributed by atoms with Crippen molar-refractivity contribution < 1.29 is 33.6 Å². The molecule has 9 heteroatoms. The van der Waals surface area contributed by atoms with Gasteiger partial charge in [0.05, 0.1) is 32.4 Å². The van der Waals surface area contributed by atoms with Crippen molar-refractivity contribution in [3.8, 4) is 23.0 Å². The summed E-state index contributed by atoms with van der Waals surface area (Å²) in [5.41, 5.74) is 0.840. The Morgan fingerprint density at radius 3 is 2.57 bits per heavy atom. The largest absolute Gasteiger partial charge is 0.507 e. The van der Waals surface area contributed by atoms with Gasteiger partial charge >= 0.3 is 0 Å². The SMILES string of the molecule is COc1cccc(C2/C(=C(\O)c3ccc4c(c3)OCCO4)C(=O)C(=O)N2Cc2cccs2)c1OC. The van der Waals surface area contributed by atoms with E-state index in [1.165, 1.54) is 30.5 Å². The summed E-state index contributed by atoms with van der Waals surface area (Å²) in [7, 11) is 3.01. The Morgan fingerprint density at radius 2 is 1.86 bits per heavy atom. The minimum Gasteiger partial charge on any atom is -0.507 e. The van der Waals surface area contributed by atoms with Crippen LogP contribution in [0.2, 0.25) is 0 Å². The number of amides is 1. The van der Waals surface area contributed by atoms with E-state index in [0.29, 0.717) is 47.3 Å². The van der Waals surface area contributed by atoms with E-state index in [1.807, 2.05) is 17.5 Å². The van der Waals surface area contributed by atoms with Crippen molar-refractivity contribution in [3.05, 3.63) is 75.5 Å². The molecule has 1 unspecified atom stereocenters. The summed E-state index contributed by atoms with van der Waals surface area (Å²) in [5, 5.41) is 13.3. The number of carbonyl (C=O) groups excluding carboxylic acids is 2. The van der Waals surface area contributed by atoms with Gasteiger partial charge < -0.3 is 29.0 Å². The van der Waals surface area contributed by atoms with Crippen LogP contribution in [-0.4, -0.2) is 49.1 Å². The monoisotopic (exact) mass is 493 g/mol. The molecule has 180 valence electrons. The van der Waals surface area contributed by atoms with Gasteiger partial charge in [-0.2, -0.15) is 0 Å². The average Bonchev–Trinajstić information content (AvgIpc) is 3.49. The Kier molecular flexibility index (Phi) is 6.08. The first-order valence-electron chi connectivity index (χ1n) is 10.9. The van der Waals surface area contributed by atoms with E-state index < -0.39 is 17.7 Å². The van der Waals surface area contributed by atoms with Gasteiger partial charge in [0.1, 0.15) is 19.0 Å². The van der Waals surface area contributed by atoms with Crippen LogP contribution >= 0.6 is 11.3 Å². The van der Waals surface area contributed by atoms with Crippen LogP contribution in [0.5, 0.6) is 23.0 Å². The topological polar surface area (TPSA) is 94.5 Å². The van der Waals surface area contributed by atoms with Gasteiger partial charge in [-0.3, -0.25) is 9.59 Å². The zero-order chi connectivity index (χ0) is 24.5. The minimum absolute atomic E-state index is 0.0326. The first-order chi connectivity index (χ1) is 17.0. The van der Waals surface area contributed by atoms with Crippen LogP contribution in [0.1, 0.15) is 22.0 Å². The van der Waals surface area contributed by atoms with E-state index in [2.05, 4.69) is 0 Å². The summed E-state index contributed by atoms with van der Waals surface area (Å²) >= 11 is 1.48. The number of ketones is 1. The van der Waals surface area contributed by atoms with Gasteiger partial charge in [-0.1, -0.05) is 18.2 Å². The lowest BCUT2D eigenvalue weighted by atomic mass is 9.94. The molecule has 1 aromatic heterocycles. The van der Waals surface area contributed by atoms with Gasteiger partial charge in [0, 0.05) is 16.0 Å². The molecule has 1 N–H and O–H groups in total. The molecular formula is C26H23NO7S. The number of aliphatic hydroxyl groups excluding tert-OH is 1. The van der Waals surface area contributed by atoms with Crippen molar-refractivity contribution in [1.82, 2.24) is 4.90 Å². The summed E-state index contributed by atoms with van der Waals surface area (Å²) in [4.78, 5) is 29.0. The average molecular weight is 494 g/mol. The zero-order valence-electron chi connectivity index (χ0n) is 19.1. The maximum atomic E-state index is 13.4. The summed E-state index contributed by atoms with van der Waals surface area (Å²) < 4.78 is 22.3. The number of benzene rings is 2. The molecule has 0 bridgehead atoms. The predicted octanol–water partition coefficient (Wildman–Crippen LogP) is 4.16. The molecule has 2 aliphatic rings. The molecule has 1 atom stereocenters. The third kappa shape index (κ3) is 3.97. The molecule has 3 aromatic rings. The number of para-hydroxylation sites is 1. The highest BCUT2D eigenvalue weighted by Gasteiger charge is 2.47. The van der Waals surface area contributed by atoms with Crippen LogP contribution in [0.15, 0.2) is 59.5 Å². The molecule has 8 nitrogen and oxygen atoms in total. The smallest absolute Gasteiger partial charge is 0.295 e. The fourth-order valence-corrected chi connectivity index (χ4v) is 5.11. The van der Waals surface area contributed by atoms with Crippen molar-refractivity contribution in [3.63, 3.8) is 0 Å². The summed E-state index contributed by atoms with van der Waals surface area (Å²) in [6.07, 6.45) is 0. The first-order valence-corrected chi connectivity index (χ1v) is 11.8. The maximum absolute atomic E-state index is 13.4. The van der Waals surface area contributed by atoms with Gasteiger partial charge in [0.2, 0.25) is 0 Å². The molecule has 0 spiro atoms. The van der Waals surface area contributed by atoms with Gasteiger partial charge in [-0.05, 0) is 35.7 Å². The Bertz CT molecular complexity index is 1320. The summed E-state index contributed by atoms with van der Waals surface area (Å²) in [5.74, 6) is 0.0674. The highest BCUT2D eigenvalue weighted by atomic mass is 32.1. The Morgan fingerprint density at radius 1 is 1.06 bits per heavy atom. The van der Waals surface area contributed by atoms with Crippen molar-refractivity contribution >= 4 is 28.8 Å². The van der Waals surface area contributed by atoms with Crippen LogP contribution in [0.4, 0.5) is 0 Å². The summed E-state index contributed by atoms with van der Waals surface area (Å²) in [6, 6.07) is 13.0. The Balaban J connectivity index is 1.69. The molecular weight excluding hydrogens is 470 g/mol. The summed E-state index contributed by atoms with van der Waals surface area (Å²) in [6.45, 7) is 1.01. The number of hydrogen-bond acceptors (Lipinski definition) is 8. The number of thiophene rings is 1. The molecule has 2 aromatic carbocycles. The fourth-order valence-electron chi connectivity index (χ4n) is 4.41. The number of methoxy groups -OCH3 is 2. The number of nitrogens with zero attached hydrogens (tertiary/aromatic N) is 1. The molecule has 35 heavy (non-hydrogen) atoms. The molecule has 0 saturated carbocycles. The predicted molar refractivity (Wildman–Crippen MR) is 129 cm³/mol. The number of aliphatic hydroxyl groups is 1. The van der Waals surface area contributed by atoms with E-state index in [0.717, 1.165) is 4.88 Å². The van der Waals surface area contributed by atoms with Gasteiger partial charge in [-0.15, -0.1) is 11.3 Å². The van der Waals surface area contributed by atoms with Crippen molar-refractivity contribution in [1.29, 1.82) is 0 Å². The number of Topliss-reactive ketones (excluding diaryl/α,β-unsaturated/α-hetero) is 1. The number of carbonyl (C=O) groups is 2. The zero-order valence-corrected chi connectivity index (χ0v) is 20.0. The molecule has 1 fully saturated rings. The van der Waals surface area contributed by atoms with E-state index >= 15 is 0 Å². The third-order valence-electron chi connectivity index (χ3n) is 5.99. The first kappa shape index (κ1) is 22.8. The molecule has 3 heterocycles. The van der Waals surface area contributed by atoms with Crippen LogP contribution in [0, 0.1) is 0 Å². The maximum Gasteiger partial charge on any atom is 0.295 e. The third-order valence-corrected chi connectivity index (χ3v) is 6.85. The second kappa shape index (κ2) is 9.34. The number of hydrogen-bond donors (Lipinski definition) is 1. The Hall–Kier alpha value is -3.98. The van der Waals surface area contributed by atoms with E-state index in [4.69, 9.17) is 18.9 Å². The number of fused-ring (bicyclic) bond motifs is 1. The van der Waals surface area contributed by atoms with Crippen LogP contribution in [0.25, 0.3) is 5.76 Å². The quantitative estimate of drug-likeness (QED) is 0.313. The molecule has 0 aliphatic carbocycles. The van der Waals surface area contributed by atoms with E-state index in [1.54, 1.807) is 36.4 Å². The van der Waals surface area contributed by atoms with E-state index in [9.17, 15) is 14.7 Å². The normalized spacial score (nSPS) is 18.6. The van der Waals surface area contributed by atoms with Crippen molar-refractivity contribution in [2.45, 2.75) is 12.6 Å². The molecule has 2 aliphatic heterocycles. The molecule has 0 radical (unpaired) electrons. The van der Waals surface area contributed by atoms with E-state index in [-0.39, 0.29) is 17.9 Å². The lowest BCUT2D eigenvalue weighted by molar-refractivity contribution is -0.140. The van der Waals surface area contributed by atoms with Crippen molar-refractivity contribution in [2.24, 2.45) is 0 Å². The van der Waals surface area contributed by atoms with Crippen LogP contribution < -0.4 is 18.9 Å². The number of likely N-dealkylation sites (tertiary alicyclic amines) is 1. The van der Waals surface area contributed by atoms with Crippen LogP contribution in [-0.2, 0) is 16.1 Å². The van der Waals surface area contributed by atoms with Gasteiger partial charge in [0.15, 0.2) is 23.0 Å². The van der Waals surface area contributed by atoms with Gasteiger partial charge in [0.25, 0.3) is 11.7 Å². The second-order valence-electron chi connectivity index (χ2n) is 7.95. The number of ether oxygens (including phenoxy) is 4. The second-order valence-corrected chi connectivity index (χ2v) is 8.98. The highest BCUT2D eigenvalue weighted by molar-refractivity contribution is 7.09. The standard InChI is InChI=1S/C26H23NO7S/c1-31-19-7-3-6-17(25(19)32-2)22-21(24(29)26(30)27(22)14-16-5-4-12-35-16)23(28)15-8-9-18-20(13-15)34-11-10-33-18/h3-9,12-13,22,28H,10-11,14H2,1-2H3/b23-21+. The molecule has 1 saturated heterocycles. The minimum atomic E-state index is -0.893. The van der Waals surface area contributed by atoms with Crippen molar-refractivity contribution in [2.75, 3.05) is 27.4 Å². The lowest BCUT2D eigenvalue weighted by Crippen LogP contribution is -2.29. The Labute approximate surface area is 205 Å². The highest BCUT2D eigenvalue weighted by Crippen LogP contribution is 2.46. The van der Waals surface area contributed by atoms with Crippen LogP contribution in [0.3, 0.4) is 0 Å². The lowest BCUT2D eigenvalue weighted by Gasteiger charge is -2.27. The molecule has 1 amide bonds. The number of rotatable bonds is 6. The molecule has 5 rings (SSSR count). The fraction of sp³-hybridized carbons (Fsp3) is 0.231.